The Morgan fingerprint density at radius 3 is 2.91 bits per heavy atom. The molecule has 0 aliphatic heterocycles. The van der Waals surface area contributed by atoms with Gasteiger partial charge < -0.3 is 9.84 Å². The average Bonchev–Trinajstić information content (AvgIpc) is 3.05. The number of hydrogen-bond donors (Lipinski definition) is 1. The van der Waals surface area contributed by atoms with Crippen molar-refractivity contribution in [3.63, 3.8) is 0 Å². The number of aryl methyl sites for hydroxylation is 3. The number of carbonyl (C=O) groups is 1. The molecule has 5 heteroatoms. The topological polar surface area (TPSA) is 55.1 Å². The number of halogens is 1. The summed E-state index contributed by atoms with van der Waals surface area (Å²) in [6.07, 6.45) is 2.28. The first-order valence-electron chi connectivity index (χ1n) is 8.02. The lowest BCUT2D eigenvalue weighted by atomic mass is 9.93. The molecule has 0 radical (unpaired) electrons. The number of nitrogens with one attached hydrogen (secondary N) is 1. The van der Waals surface area contributed by atoms with Crippen LogP contribution < -0.4 is 5.32 Å². The minimum Gasteiger partial charge on any atom is -0.361 e. The van der Waals surface area contributed by atoms with Crippen LogP contribution in [-0.2, 0) is 11.2 Å². The third-order valence-corrected chi connectivity index (χ3v) is 4.66. The van der Waals surface area contributed by atoms with Gasteiger partial charge in [0.05, 0.1) is 17.7 Å². The van der Waals surface area contributed by atoms with E-state index in [1.807, 2.05) is 20.8 Å². The quantitative estimate of drug-likeness (QED) is 0.935. The van der Waals surface area contributed by atoms with Crippen LogP contribution in [0.5, 0.6) is 0 Å². The number of fused-ring (bicyclic) bond motifs is 1. The second-order valence-corrected chi connectivity index (χ2v) is 6.14. The van der Waals surface area contributed by atoms with Crippen LogP contribution in [0.15, 0.2) is 22.7 Å². The van der Waals surface area contributed by atoms with Crippen molar-refractivity contribution in [1.29, 1.82) is 0 Å². The van der Waals surface area contributed by atoms with Crippen LogP contribution in [0.2, 0.25) is 0 Å². The van der Waals surface area contributed by atoms with Gasteiger partial charge in [0.25, 0.3) is 0 Å². The van der Waals surface area contributed by atoms with Crippen LogP contribution in [0.4, 0.5) is 4.39 Å². The average molecular weight is 316 g/mol. The predicted octanol–water partition coefficient (Wildman–Crippen LogP) is 3.73. The van der Waals surface area contributed by atoms with E-state index in [0.29, 0.717) is 12.2 Å². The number of nitrogens with zero attached hydrogens (tertiary/aromatic N) is 1. The Balaban J connectivity index is 1.80. The minimum atomic E-state index is -0.272. The Morgan fingerprint density at radius 2 is 2.26 bits per heavy atom. The number of carbonyl (C=O) groups excluding carboxylic acids is 1. The maximum atomic E-state index is 13.3. The highest BCUT2D eigenvalue weighted by Gasteiger charge is 2.30. The van der Waals surface area contributed by atoms with Crippen molar-refractivity contribution in [2.75, 3.05) is 0 Å². The van der Waals surface area contributed by atoms with Gasteiger partial charge in [-0.15, -0.1) is 0 Å². The molecule has 0 fully saturated rings. The molecule has 122 valence electrons. The van der Waals surface area contributed by atoms with Crippen molar-refractivity contribution in [3.8, 4) is 0 Å². The first-order chi connectivity index (χ1) is 11.0. The summed E-state index contributed by atoms with van der Waals surface area (Å²) in [6, 6.07) is 4.74. The Kier molecular flexibility index (Phi) is 4.20. The summed E-state index contributed by atoms with van der Waals surface area (Å²) in [5, 5.41) is 7.07. The van der Waals surface area contributed by atoms with Gasteiger partial charge in [-0.05, 0) is 56.4 Å². The summed E-state index contributed by atoms with van der Waals surface area (Å²) in [5.74, 6) is 0.172. The van der Waals surface area contributed by atoms with Gasteiger partial charge in [-0.2, -0.15) is 0 Å². The molecule has 2 aromatic rings. The Labute approximate surface area is 135 Å². The normalized spacial score (nSPS) is 17.8. The standard InChI is InChI=1S/C18H21FN2O2/c1-4-14(17-10(2)21-23-11(17)3)18(22)20-16-8-5-12-9-13(19)6-7-15(12)16/h6-7,9,14,16H,4-5,8H2,1-3H3,(H,20,22). The molecule has 0 bridgehead atoms. The van der Waals surface area contributed by atoms with Crippen LogP contribution in [-0.4, -0.2) is 11.1 Å². The molecule has 3 rings (SSSR count). The van der Waals surface area contributed by atoms with Crippen LogP contribution >= 0.6 is 0 Å². The van der Waals surface area contributed by atoms with E-state index in [1.54, 1.807) is 12.1 Å². The second-order valence-electron chi connectivity index (χ2n) is 6.14. The van der Waals surface area contributed by atoms with Gasteiger partial charge in [-0.25, -0.2) is 4.39 Å². The van der Waals surface area contributed by atoms with Crippen LogP contribution in [0, 0.1) is 19.7 Å². The molecule has 0 spiro atoms. The van der Waals surface area contributed by atoms with Crippen LogP contribution in [0.1, 0.15) is 59.9 Å². The molecular weight excluding hydrogens is 295 g/mol. The summed E-state index contributed by atoms with van der Waals surface area (Å²) < 4.78 is 18.5. The number of hydrogen-bond acceptors (Lipinski definition) is 3. The van der Waals surface area contributed by atoms with Crippen molar-refractivity contribution in [1.82, 2.24) is 10.5 Å². The minimum absolute atomic E-state index is 0.0240. The van der Waals surface area contributed by atoms with E-state index in [1.165, 1.54) is 6.07 Å². The highest BCUT2D eigenvalue weighted by atomic mass is 19.1. The Hall–Kier alpha value is -2.17. The number of aromatic nitrogens is 1. The van der Waals surface area contributed by atoms with Crippen molar-refractivity contribution in [3.05, 3.63) is 52.2 Å². The summed E-state index contributed by atoms with van der Waals surface area (Å²) in [5.41, 5.74) is 3.65. The molecule has 2 unspecified atom stereocenters. The molecular formula is C18H21FN2O2. The van der Waals surface area contributed by atoms with E-state index in [-0.39, 0.29) is 23.7 Å². The van der Waals surface area contributed by atoms with E-state index < -0.39 is 0 Å². The Morgan fingerprint density at radius 1 is 1.48 bits per heavy atom. The zero-order chi connectivity index (χ0) is 16.6. The molecule has 0 saturated carbocycles. The van der Waals surface area contributed by atoms with Gasteiger partial charge >= 0.3 is 0 Å². The number of rotatable bonds is 4. The summed E-state index contributed by atoms with van der Waals surface area (Å²) in [4.78, 5) is 12.8. The van der Waals surface area contributed by atoms with Gasteiger partial charge in [-0.3, -0.25) is 4.79 Å². The molecule has 1 aromatic carbocycles. The SMILES string of the molecule is CCC(C(=O)NC1CCc2cc(F)ccc21)c1c(C)noc1C. The largest absolute Gasteiger partial charge is 0.361 e. The van der Waals surface area contributed by atoms with Crippen molar-refractivity contribution in [2.24, 2.45) is 0 Å². The van der Waals surface area contributed by atoms with Gasteiger partial charge in [0, 0.05) is 5.56 Å². The zero-order valence-electron chi connectivity index (χ0n) is 13.6. The van der Waals surface area contributed by atoms with E-state index >= 15 is 0 Å². The van der Waals surface area contributed by atoms with Crippen molar-refractivity contribution in [2.45, 2.75) is 52.0 Å². The van der Waals surface area contributed by atoms with Crippen LogP contribution in [0.3, 0.4) is 0 Å². The number of amides is 1. The van der Waals surface area contributed by atoms with Crippen molar-refractivity contribution < 1.29 is 13.7 Å². The van der Waals surface area contributed by atoms with E-state index in [4.69, 9.17) is 4.52 Å². The van der Waals surface area contributed by atoms with Gasteiger partial charge in [-0.1, -0.05) is 18.1 Å². The molecule has 0 saturated heterocycles. The fraction of sp³-hybridized carbons (Fsp3) is 0.444. The van der Waals surface area contributed by atoms with Crippen LogP contribution in [0.25, 0.3) is 0 Å². The summed E-state index contributed by atoms with van der Waals surface area (Å²) in [6.45, 7) is 5.67. The first kappa shape index (κ1) is 15.7. The molecule has 23 heavy (non-hydrogen) atoms. The Bertz CT molecular complexity index is 719. The third-order valence-electron chi connectivity index (χ3n) is 4.66. The van der Waals surface area contributed by atoms with Gasteiger partial charge in [0.1, 0.15) is 11.6 Å². The maximum absolute atomic E-state index is 13.3. The monoisotopic (exact) mass is 316 g/mol. The molecule has 1 aromatic heterocycles. The molecule has 1 amide bonds. The molecule has 1 heterocycles. The molecule has 1 N–H and O–H groups in total. The first-order valence-corrected chi connectivity index (χ1v) is 8.02. The molecule has 4 nitrogen and oxygen atoms in total. The molecule has 1 aliphatic rings. The van der Waals surface area contributed by atoms with E-state index in [9.17, 15) is 9.18 Å². The maximum Gasteiger partial charge on any atom is 0.228 e. The predicted molar refractivity (Wildman–Crippen MR) is 84.6 cm³/mol. The molecule has 2 atom stereocenters. The second kappa shape index (κ2) is 6.14. The summed E-state index contributed by atoms with van der Waals surface area (Å²) >= 11 is 0. The zero-order valence-corrected chi connectivity index (χ0v) is 13.6. The van der Waals surface area contributed by atoms with Gasteiger partial charge in [0.15, 0.2) is 0 Å². The lowest BCUT2D eigenvalue weighted by molar-refractivity contribution is -0.123. The number of benzene rings is 1. The van der Waals surface area contributed by atoms with Crippen molar-refractivity contribution >= 4 is 5.91 Å². The highest BCUT2D eigenvalue weighted by molar-refractivity contribution is 5.84. The fourth-order valence-electron chi connectivity index (χ4n) is 3.52. The highest BCUT2D eigenvalue weighted by Crippen LogP contribution is 2.33. The lowest BCUT2D eigenvalue weighted by Gasteiger charge is -2.19. The smallest absolute Gasteiger partial charge is 0.228 e. The summed E-state index contributed by atoms with van der Waals surface area (Å²) in [7, 11) is 0. The third kappa shape index (κ3) is 2.87. The van der Waals surface area contributed by atoms with E-state index in [2.05, 4.69) is 10.5 Å². The fourth-order valence-corrected chi connectivity index (χ4v) is 3.52. The lowest BCUT2D eigenvalue weighted by Crippen LogP contribution is -2.32. The van der Waals surface area contributed by atoms with Gasteiger partial charge in [0.2, 0.25) is 5.91 Å². The molecule has 1 aliphatic carbocycles. The van der Waals surface area contributed by atoms with E-state index in [0.717, 1.165) is 35.2 Å².